The molecule has 0 unspecified atom stereocenters. The van der Waals surface area contributed by atoms with Crippen molar-refractivity contribution in [1.82, 2.24) is 9.29 Å². The lowest BCUT2D eigenvalue weighted by atomic mass is 10.1. The van der Waals surface area contributed by atoms with Crippen molar-refractivity contribution >= 4 is 20.8 Å². The lowest BCUT2D eigenvalue weighted by Gasteiger charge is -2.25. The number of hydrogen-bond acceptors (Lipinski definition) is 5. The van der Waals surface area contributed by atoms with E-state index in [2.05, 4.69) is 4.98 Å². The Morgan fingerprint density at radius 3 is 2.46 bits per heavy atom. The Morgan fingerprint density at radius 1 is 0.962 bits per heavy atom. The van der Waals surface area contributed by atoms with Gasteiger partial charge in [0.1, 0.15) is 10.6 Å². The van der Waals surface area contributed by atoms with Crippen molar-refractivity contribution in [2.45, 2.75) is 4.90 Å². The van der Waals surface area contributed by atoms with Crippen molar-refractivity contribution in [1.29, 1.82) is 0 Å². The van der Waals surface area contributed by atoms with Gasteiger partial charge in [-0.15, -0.1) is 0 Å². The van der Waals surface area contributed by atoms with E-state index in [1.165, 1.54) is 16.6 Å². The predicted octanol–water partition coefficient (Wildman–Crippen LogP) is 3.05. The van der Waals surface area contributed by atoms with E-state index in [4.69, 9.17) is 9.47 Å². The largest absolute Gasteiger partial charge is 0.439 e. The molecule has 1 saturated heterocycles. The lowest BCUT2D eigenvalue weighted by molar-refractivity contribution is 0.0730. The summed E-state index contributed by atoms with van der Waals surface area (Å²) in [6.45, 7) is 1.54. The Kier molecular flexibility index (Phi) is 4.58. The molecule has 7 heteroatoms. The van der Waals surface area contributed by atoms with Crippen LogP contribution in [0.2, 0.25) is 0 Å². The number of morpholine rings is 1. The lowest BCUT2D eigenvalue weighted by Crippen LogP contribution is -2.40. The van der Waals surface area contributed by atoms with Crippen molar-refractivity contribution in [3.8, 4) is 11.6 Å². The fourth-order valence-electron chi connectivity index (χ4n) is 2.87. The fraction of sp³-hybridized carbons (Fsp3) is 0.211. The summed E-state index contributed by atoms with van der Waals surface area (Å²) < 4.78 is 37.6. The normalized spacial score (nSPS) is 15.8. The molecule has 2 aromatic carbocycles. The summed E-state index contributed by atoms with van der Waals surface area (Å²) in [5.41, 5.74) is 0. The number of sulfonamides is 1. The number of rotatable bonds is 4. The summed E-state index contributed by atoms with van der Waals surface area (Å²) in [7, 11) is -3.55. The first-order valence-corrected chi connectivity index (χ1v) is 9.77. The van der Waals surface area contributed by atoms with Crippen molar-refractivity contribution in [3.63, 3.8) is 0 Å². The Labute approximate surface area is 152 Å². The highest BCUT2D eigenvalue weighted by atomic mass is 32.2. The molecule has 26 heavy (non-hydrogen) atoms. The van der Waals surface area contributed by atoms with Gasteiger partial charge < -0.3 is 9.47 Å². The molecule has 0 saturated carbocycles. The van der Waals surface area contributed by atoms with E-state index in [1.807, 2.05) is 42.5 Å². The van der Waals surface area contributed by atoms with Crippen LogP contribution < -0.4 is 4.74 Å². The maximum atomic E-state index is 12.6. The number of aromatic nitrogens is 1. The number of ether oxygens (including phenoxy) is 2. The van der Waals surface area contributed by atoms with Gasteiger partial charge >= 0.3 is 0 Å². The average Bonchev–Trinajstić information content (AvgIpc) is 2.69. The summed E-state index contributed by atoms with van der Waals surface area (Å²) in [5, 5.41) is 2.19. The van der Waals surface area contributed by atoms with Gasteiger partial charge in [0.25, 0.3) is 0 Å². The molecule has 0 spiro atoms. The zero-order chi connectivity index (χ0) is 18.0. The third-order valence-corrected chi connectivity index (χ3v) is 6.14. The molecule has 2 heterocycles. The van der Waals surface area contributed by atoms with Crippen LogP contribution in [0.15, 0.2) is 65.7 Å². The molecule has 0 N–H and O–H groups in total. The molecule has 0 bridgehead atoms. The van der Waals surface area contributed by atoms with Crippen LogP contribution in [0.3, 0.4) is 0 Å². The number of benzene rings is 2. The molecule has 1 fully saturated rings. The second-order valence-corrected chi connectivity index (χ2v) is 7.90. The molecule has 0 radical (unpaired) electrons. The minimum Gasteiger partial charge on any atom is -0.439 e. The topological polar surface area (TPSA) is 68.7 Å². The standard InChI is InChI=1S/C19H18N2O4S/c22-26(23,21-9-11-24-12-10-21)18-7-8-19(20-14-18)25-17-6-5-15-3-1-2-4-16(15)13-17/h1-8,13-14H,9-12H2. The zero-order valence-corrected chi connectivity index (χ0v) is 14.9. The van der Waals surface area contributed by atoms with Crippen molar-refractivity contribution < 1.29 is 17.9 Å². The first-order chi connectivity index (χ1) is 12.6. The van der Waals surface area contributed by atoms with Gasteiger partial charge in [-0.05, 0) is 29.0 Å². The quantitative estimate of drug-likeness (QED) is 0.706. The third-order valence-electron chi connectivity index (χ3n) is 4.26. The Bertz CT molecular complexity index is 1010. The molecular formula is C19H18N2O4S. The Hall–Kier alpha value is -2.48. The number of fused-ring (bicyclic) bond motifs is 1. The van der Waals surface area contributed by atoms with Crippen LogP contribution in [-0.4, -0.2) is 44.0 Å². The van der Waals surface area contributed by atoms with Gasteiger partial charge in [-0.25, -0.2) is 13.4 Å². The van der Waals surface area contributed by atoms with Crippen molar-refractivity contribution in [3.05, 3.63) is 60.8 Å². The third kappa shape index (κ3) is 3.41. The van der Waals surface area contributed by atoms with E-state index in [9.17, 15) is 8.42 Å². The SMILES string of the molecule is O=S(=O)(c1ccc(Oc2ccc3ccccc3c2)nc1)N1CCOCC1. The molecule has 4 rings (SSSR count). The second-order valence-electron chi connectivity index (χ2n) is 5.96. The van der Waals surface area contributed by atoms with Crippen LogP contribution in [0.5, 0.6) is 11.6 Å². The van der Waals surface area contributed by atoms with E-state index in [0.29, 0.717) is 37.9 Å². The molecule has 0 atom stereocenters. The predicted molar refractivity (Wildman–Crippen MR) is 97.8 cm³/mol. The summed E-state index contributed by atoms with van der Waals surface area (Å²) in [6.07, 6.45) is 1.33. The molecule has 3 aromatic rings. The summed E-state index contributed by atoms with van der Waals surface area (Å²) >= 11 is 0. The van der Waals surface area contributed by atoms with Crippen LogP contribution >= 0.6 is 0 Å². The minimum absolute atomic E-state index is 0.158. The van der Waals surface area contributed by atoms with Crippen molar-refractivity contribution in [2.24, 2.45) is 0 Å². The number of hydrogen-bond donors (Lipinski definition) is 0. The summed E-state index contributed by atoms with van der Waals surface area (Å²) in [6, 6.07) is 16.8. The molecule has 1 aliphatic heterocycles. The van der Waals surface area contributed by atoms with E-state index < -0.39 is 10.0 Å². The van der Waals surface area contributed by atoms with Crippen molar-refractivity contribution in [2.75, 3.05) is 26.3 Å². The first kappa shape index (κ1) is 17.0. The van der Waals surface area contributed by atoms with Gasteiger partial charge in [0, 0.05) is 19.2 Å². The van der Waals surface area contributed by atoms with Gasteiger partial charge in [-0.1, -0.05) is 30.3 Å². The second kappa shape index (κ2) is 7.03. The highest BCUT2D eigenvalue weighted by Crippen LogP contribution is 2.25. The Morgan fingerprint density at radius 2 is 1.73 bits per heavy atom. The highest BCUT2D eigenvalue weighted by Gasteiger charge is 2.26. The minimum atomic E-state index is -3.55. The fourth-order valence-corrected chi connectivity index (χ4v) is 4.22. The van der Waals surface area contributed by atoms with E-state index in [1.54, 1.807) is 6.07 Å². The van der Waals surface area contributed by atoms with Gasteiger partial charge in [0.05, 0.1) is 19.4 Å². The Balaban J connectivity index is 1.53. The van der Waals surface area contributed by atoms with E-state index >= 15 is 0 Å². The average molecular weight is 370 g/mol. The van der Waals surface area contributed by atoms with Gasteiger partial charge in [0.2, 0.25) is 15.9 Å². The summed E-state index contributed by atoms with van der Waals surface area (Å²) in [4.78, 5) is 4.31. The van der Waals surface area contributed by atoms with Crippen LogP contribution in [0, 0.1) is 0 Å². The van der Waals surface area contributed by atoms with Crippen LogP contribution in [0.4, 0.5) is 0 Å². The van der Waals surface area contributed by atoms with Crippen LogP contribution in [0.1, 0.15) is 0 Å². The van der Waals surface area contributed by atoms with E-state index in [-0.39, 0.29) is 4.90 Å². The molecule has 0 amide bonds. The van der Waals surface area contributed by atoms with Gasteiger partial charge in [-0.3, -0.25) is 0 Å². The molecule has 1 aromatic heterocycles. The van der Waals surface area contributed by atoms with Gasteiger partial charge in [-0.2, -0.15) is 4.31 Å². The monoisotopic (exact) mass is 370 g/mol. The van der Waals surface area contributed by atoms with Crippen LogP contribution in [0.25, 0.3) is 10.8 Å². The number of pyridine rings is 1. The molecular weight excluding hydrogens is 352 g/mol. The van der Waals surface area contributed by atoms with Gasteiger partial charge in [0.15, 0.2) is 0 Å². The molecule has 134 valence electrons. The molecule has 6 nitrogen and oxygen atoms in total. The maximum absolute atomic E-state index is 12.6. The zero-order valence-electron chi connectivity index (χ0n) is 14.0. The first-order valence-electron chi connectivity index (χ1n) is 8.33. The maximum Gasteiger partial charge on any atom is 0.244 e. The highest BCUT2D eigenvalue weighted by molar-refractivity contribution is 7.89. The number of nitrogens with zero attached hydrogens (tertiary/aromatic N) is 2. The summed E-state index contributed by atoms with van der Waals surface area (Å²) in [5.74, 6) is 1.00. The van der Waals surface area contributed by atoms with Crippen LogP contribution in [-0.2, 0) is 14.8 Å². The molecule has 1 aliphatic rings. The smallest absolute Gasteiger partial charge is 0.244 e. The van der Waals surface area contributed by atoms with E-state index in [0.717, 1.165) is 10.8 Å². The molecule has 0 aliphatic carbocycles.